The van der Waals surface area contributed by atoms with E-state index in [1.165, 1.54) is 29.2 Å². The molecule has 0 radical (unpaired) electrons. The lowest BCUT2D eigenvalue weighted by molar-refractivity contribution is -0.140. The number of hydrogen-bond donors (Lipinski definition) is 1. The maximum atomic E-state index is 13.3. The Kier molecular flexibility index (Phi) is 6.39. The summed E-state index contributed by atoms with van der Waals surface area (Å²) in [6.45, 7) is 6.66. The fourth-order valence-electron chi connectivity index (χ4n) is 3.55. The second kappa shape index (κ2) is 8.96. The van der Waals surface area contributed by atoms with Crippen LogP contribution in [0.25, 0.3) is 5.76 Å². The van der Waals surface area contributed by atoms with Crippen LogP contribution in [0.2, 0.25) is 0 Å². The molecule has 29 heavy (non-hydrogen) atoms. The Labute approximate surface area is 169 Å². The van der Waals surface area contributed by atoms with Crippen molar-refractivity contribution in [3.63, 3.8) is 0 Å². The lowest BCUT2D eigenvalue weighted by Gasteiger charge is -2.28. The van der Waals surface area contributed by atoms with Crippen LogP contribution in [0.3, 0.4) is 0 Å². The Hall–Kier alpha value is -3.06. The molecule has 6 nitrogen and oxygen atoms in total. The van der Waals surface area contributed by atoms with Gasteiger partial charge in [-0.1, -0.05) is 19.9 Å². The number of carbonyl (C=O) groups excluding carboxylic acids is 2. The first-order valence-electron chi connectivity index (χ1n) is 9.64. The van der Waals surface area contributed by atoms with E-state index in [9.17, 15) is 19.1 Å². The van der Waals surface area contributed by atoms with Gasteiger partial charge in [-0.25, -0.2) is 4.39 Å². The minimum Gasteiger partial charge on any atom is -0.507 e. The molecule has 1 aromatic carbocycles. The fourth-order valence-corrected chi connectivity index (χ4v) is 3.55. The molecule has 1 aliphatic heterocycles. The molecule has 3 rings (SSSR count). The Bertz CT molecular complexity index is 909. The standard InChI is InChI=1S/C22H24FN3O3/c1-3-25(4-2)12-13-26-19(16-6-5-11-24-14-16)18(21(28)22(26)29)20(27)15-7-9-17(23)10-8-15/h5-11,14,19,27H,3-4,12-13H2,1-2H3/b20-18-/t19-/m1/s1. The third-order valence-electron chi connectivity index (χ3n) is 5.21. The topological polar surface area (TPSA) is 73.7 Å². The maximum Gasteiger partial charge on any atom is 0.295 e. The number of likely N-dealkylation sites (N-methyl/N-ethyl adjacent to an activating group) is 1. The summed E-state index contributed by atoms with van der Waals surface area (Å²) in [7, 11) is 0. The molecule has 1 fully saturated rings. The quantitative estimate of drug-likeness (QED) is 0.442. The summed E-state index contributed by atoms with van der Waals surface area (Å²) >= 11 is 0. The number of aromatic nitrogens is 1. The van der Waals surface area contributed by atoms with Crippen LogP contribution in [-0.2, 0) is 9.59 Å². The van der Waals surface area contributed by atoms with E-state index in [0.717, 1.165) is 13.1 Å². The third-order valence-corrected chi connectivity index (χ3v) is 5.21. The highest BCUT2D eigenvalue weighted by atomic mass is 19.1. The molecule has 0 saturated carbocycles. The van der Waals surface area contributed by atoms with Crippen LogP contribution in [0.1, 0.15) is 31.0 Å². The van der Waals surface area contributed by atoms with Gasteiger partial charge < -0.3 is 14.9 Å². The highest BCUT2D eigenvalue weighted by molar-refractivity contribution is 6.46. The Morgan fingerprint density at radius 2 is 1.86 bits per heavy atom. The summed E-state index contributed by atoms with van der Waals surface area (Å²) in [4.78, 5) is 33.4. The minimum atomic E-state index is -0.750. The van der Waals surface area contributed by atoms with Crippen LogP contribution < -0.4 is 0 Å². The van der Waals surface area contributed by atoms with Crippen LogP contribution in [0.5, 0.6) is 0 Å². The first-order chi connectivity index (χ1) is 14.0. The highest BCUT2D eigenvalue weighted by Gasteiger charge is 2.46. The molecule has 1 aromatic heterocycles. The second-order valence-corrected chi connectivity index (χ2v) is 6.81. The zero-order chi connectivity index (χ0) is 21.0. The fraction of sp³-hybridized carbons (Fsp3) is 0.318. The van der Waals surface area contributed by atoms with Gasteiger partial charge in [0.15, 0.2) is 0 Å². The van der Waals surface area contributed by atoms with E-state index >= 15 is 0 Å². The number of amides is 1. The van der Waals surface area contributed by atoms with E-state index in [1.807, 2.05) is 13.8 Å². The summed E-state index contributed by atoms with van der Waals surface area (Å²) in [5, 5.41) is 10.8. The summed E-state index contributed by atoms with van der Waals surface area (Å²) < 4.78 is 13.3. The number of pyridine rings is 1. The zero-order valence-electron chi connectivity index (χ0n) is 16.5. The molecule has 0 unspecified atom stereocenters. The molecule has 0 aliphatic carbocycles. The van der Waals surface area contributed by atoms with E-state index < -0.39 is 23.5 Å². The number of halogens is 1. The van der Waals surface area contributed by atoms with Gasteiger partial charge in [-0.15, -0.1) is 0 Å². The SMILES string of the molecule is CCN(CC)CCN1C(=O)C(=O)/C(=C(\O)c2ccc(F)cc2)[C@H]1c1cccnc1. The number of likely N-dealkylation sites (tertiary alicyclic amines) is 1. The average molecular weight is 397 g/mol. The molecule has 0 spiro atoms. The summed E-state index contributed by atoms with van der Waals surface area (Å²) in [6.07, 6.45) is 3.18. The summed E-state index contributed by atoms with van der Waals surface area (Å²) in [5.41, 5.74) is 0.908. The molecule has 1 atom stereocenters. The zero-order valence-corrected chi connectivity index (χ0v) is 16.5. The monoisotopic (exact) mass is 397 g/mol. The van der Waals surface area contributed by atoms with E-state index in [2.05, 4.69) is 9.88 Å². The van der Waals surface area contributed by atoms with Crippen molar-refractivity contribution >= 4 is 17.4 Å². The van der Waals surface area contributed by atoms with Gasteiger partial charge in [0.05, 0.1) is 11.6 Å². The van der Waals surface area contributed by atoms with Crippen molar-refractivity contribution in [2.24, 2.45) is 0 Å². The van der Waals surface area contributed by atoms with Gasteiger partial charge >= 0.3 is 0 Å². The third kappa shape index (κ3) is 4.19. The number of nitrogens with zero attached hydrogens (tertiary/aromatic N) is 3. The Morgan fingerprint density at radius 3 is 2.45 bits per heavy atom. The number of aliphatic hydroxyl groups is 1. The lowest BCUT2D eigenvalue weighted by Crippen LogP contribution is -2.38. The molecular weight excluding hydrogens is 373 g/mol. The number of Topliss-reactive ketones (excluding diaryl/α,β-unsaturated/α-hetero) is 1. The van der Waals surface area contributed by atoms with Crippen molar-refractivity contribution in [3.05, 3.63) is 71.3 Å². The lowest BCUT2D eigenvalue weighted by atomic mass is 9.96. The van der Waals surface area contributed by atoms with Crippen molar-refractivity contribution in [1.29, 1.82) is 0 Å². The number of aliphatic hydroxyl groups excluding tert-OH is 1. The van der Waals surface area contributed by atoms with Crippen LogP contribution in [0, 0.1) is 5.82 Å². The number of hydrogen-bond acceptors (Lipinski definition) is 5. The number of ketones is 1. The van der Waals surface area contributed by atoms with Crippen molar-refractivity contribution in [2.45, 2.75) is 19.9 Å². The largest absolute Gasteiger partial charge is 0.507 e. The van der Waals surface area contributed by atoms with Crippen molar-refractivity contribution < 1.29 is 19.1 Å². The highest BCUT2D eigenvalue weighted by Crippen LogP contribution is 2.38. The maximum absolute atomic E-state index is 13.3. The molecule has 1 amide bonds. The van der Waals surface area contributed by atoms with Gasteiger partial charge in [0, 0.05) is 31.0 Å². The molecule has 1 aliphatic rings. The van der Waals surface area contributed by atoms with Gasteiger partial charge in [0.2, 0.25) is 0 Å². The van der Waals surface area contributed by atoms with E-state index in [-0.39, 0.29) is 16.9 Å². The normalized spacial score (nSPS) is 18.6. The van der Waals surface area contributed by atoms with Gasteiger partial charge in [-0.3, -0.25) is 14.6 Å². The van der Waals surface area contributed by atoms with Gasteiger partial charge in [0.1, 0.15) is 11.6 Å². The molecule has 1 saturated heterocycles. The van der Waals surface area contributed by atoms with E-state index in [1.54, 1.807) is 24.5 Å². The van der Waals surface area contributed by atoms with Crippen LogP contribution in [-0.4, -0.2) is 57.8 Å². The molecule has 152 valence electrons. The minimum absolute atomic E-state index is 0.00541. The molecular formula is C22H24FN3O3. The van der Waals surface area contributed by atoms with Crippen LogP contribution in [0.4, 0.5) is 4.39 Å². The summed E-state index contributed by atoms with van der Waals surface area (Å²) in [5.74, 6) is -2.18. The van der Waals surface area contributed by atoms with Crippen LogP contribution >= 0.6 is 0 Å². The second-order valence-electron chi connectivity index (χ2n) is 6.81. The predicted octanol–water partition coefficient (Wildman–Crippen LogP) is 2.98. The number of carbonyl (C=O) groups is 2. The molecule has 2 heterocycles. The molecule has 2 aromatic rings. The molecule has 7 heteroatoms. The van der Waals surface area contributed by atoms with Gasteiger partial charge in [-0.05, 0) is 49.0 Å². The van der Waals surface area contributed by atoms with Crippen molar-refractivity contribution in [1.82, 2.24) is 14.8 Å². The van der Waals surface area contributed by atoms with Crippen molar-refractivity contribution in [2.75, 3.05) is 26.2 Å². The van der Waals surface area contributed by atoms with Gasteiger partial charge in [0.25, 0.3) is 11.7 Å². The first kappa shape index (κ1) is 20.7. The smallest absolute Gasteiger partial charge is 0.295 e. The Morgan fingerprint density at radius 1 is 1.17 bits per heavy atom. The predicted molar refractivity (Wildman–Crippen MR) is 107 cm³/mol. The van der Waals surface area contributed by atoms with Gasteiger partial charge in [-0.2, -0.15) is 0 Å². The van der Waals surface area contributed by atoms with Crippen LogP contribution in [0.15, 0.2) is 54.4 Å². The average Bonchev–Trinajstić information content (AvgIpc) is 3.00. The number of benzene rings is 1. The first-order valence-corrected chi connectivity index (χ1v) is 9.64. The molecule has 1 N–H and O–H groups in total. The van der Waals surface area contributed by atoms with E-state index in [4.69, 9.17) is 0 Å². The van der Waals surface area contributed by atoms with E-state index in [0.29, 0.717) is 18.7 Å². The number of rotatable bonds is 7. The molecule has 0 bridgehead atoms. The Balaban J connectivity index is 2.06. The van der Waals surface area contributed by atoms with Crippen molar-refractivity contribution in [3.8, 4) is 0 Å². The summed E-state index contributed by atoms with van der Waals surface area (Å²) in [6, 6.07) is 7.91.